The van der Waals surface area contributed by atoms with Gasteiger partial charge in [0, 0.05) is 13.1 Å². The molecule has 2 aliphatic heterocycles. The summed E-state index contributed by atoms with van der Waals surface area (Å²) in [6.07, 6.45) is 9.52. The molecule has 3 rings (SSSR count). The minimum absolute atomic E-state index is 0.174. The highest BCUT2D eigenvalue weighted by Crippen LogP contribution is 2.31. The Bertz CT molecular complexity index is 458. The molecule has 0 radical (unpaired) electrons. The Balaban J connectivity index is 1.81. The van der Waals surface area contributed by atoms with Crippen molar-refractivity contribution in [2.24, 2.45) is 11.8 Å². The fourth-order valence-corrected chi connectivity index (χ4v) is 4.07. The van der Waals surface area contributed by atoms with Crippen molar-refractivity contribution in [2.45, 2.75) is 58.0 Å². The van der Waals surface area contributed by atoms with E-state index in [1.807, 2.05) is 9.80 Å². The molecule has 116 valence electrons. The van der Waals surface area contributed by atoms with E-state index in [0.717, 1.165) is 45.2 Å². The number of hydrogen-bond donors (Lipinski definition) is 0. The van der Waals surface area contributed by atoms with E-state index in [0.29, 0.717) is 5.92 Å². The average Bonchev–Trinajstić information content (AvgIpc) is 2.95. The van der Waals surface area contributed by atoms with Gasteiger partial charge in [0.15, 0.2) is 0 Å². The van der Waals surface area contributed by atoms with Crippen molar-refractivity contribution in [3.63, 3.8) is 0 Å². The Morgan fingerprint density at radius 2 is 2.00 bits per heavy atom. The number of nitrogens with zero attached hydrogens (tertiary/aromatic N) is 2. The van der Waals surface area contributed by atoms with Gasteiger partial charge in [0.2, 0.25) is 11.8 Å². The van der Waals surface area contributed by atoms with Crippen LogP contribution in [0.1, 0.15) is 46.0 Å². The lowest BCUT2D eigenvalue weighted by Gasteiger charge is -2.45. The van der Waals surface area contributed by atoms with E-state index in [-0.39, 0.29) is 29.8 Å². The van der Waals surface area contributed by atoms with Crippen molar-refractivity contribution in [3.8, 4) is 0 Å². The van der Waals surface area contributed by atoms with Crippen LogP contribution in [-0.4, -0.2) is 46.8 Å². The van der Waals surface area contributed by atoms with Gasteiger partial charge < -0.3 is 9.80 Å². The van der Waals surface area contributed by atoms with E-state index in [2.05, 4.69) is 26.0 Å². The van der Waals surface area contributed by atoms with E-state index >= 15 is 0 Å². The van der Waals surface area contributed by atoms with E-state index in [1.54, 1.807) is 0 Å². The van der Waals surface area contributed by atoms with Crippen molar-refractivity contribution in [3.05, 3.63) is 12.2 Å². The number of amides is 2. The lowest BCUT2D eigenvalue weighted by atomic mass is 9.90. The molecule has 0 aromatic rings. The summed E-state index contributed by atoms with van der Waals surface area (Å²) in [5.41, 5.74) is 0. The van der Waals surface area contributed by atoms with Crippen molar-refractivity contribution < 1.29 is 9.59 Å². The van der Waals surface area contributed by atoms with Crippen LogP contribution in [0, 0.1) is 11.8 Å². The zero-order valence-electron chi connectivity index (χ0n) is 13.1. The van der Waals surface area contributed by atoms with Crippen LogP contribution in [0.25, 0.3) is 0 Å². The van der Waals surface area contributed by atoms with Crippen LogP contribution in [0.4, 0.5) is 0 Å². The third-order valence-electron chi connectivity index (χ3n) is 5.16. The van der Waals surface area contributed by atoms with Gasteiger partial charge in [-0.1, -0.05) is 26.0 Å². The summed E-state index contributed by atoms with van der Waals surface area (Å²) in [7, 11) is 0. The highest BCUT2D eigenvalue weighted by molar-refractivity contribution is 5.97. The molecule has 4 heteroatoms. The predicted octanol–water partition coefficient (Wildman–Crippen LogP) is 2.20. The Hall–Kier alpha value is -1.32. The van der Waals surface area contributed by atoms with E-state index in [1.165, 1.54) is 0 Å². The van der Waals surface area contributed by atoms with Gasteiger partial charge in [-0.15, -0.1) is 0 Å². The molecule has 4 nitrogen and oxygen atoms in total. The Kier molecular flexibility index (Phi) is 4.05. The fourth-order valence-electron chi connectivity index (χ4n) is 4.07. The van der Waals surface area contributed by atoms with E-state index in [9.17, 15) is 9.59 Å². The van der Waals surface area contributed by atoms with Crippen molar-refractivity contribution in [1.82, 2.24) is 9.80 Å². The summed E-state index contributed by atoms with van der Waals surface area (Å²) in [5.74, 6) is 1.07. The Morgan fingerprint density at radius 3 is 2.67 bits per heavy atom. The van der Waals surface area contributed by atoms with Crippen LogP contribution in [0.5, 0.6) is 0 Å². The number of carbonyl (C=O) groups is 2. The SMILES string of the molecule is CC(C)C1C(=O)N2CCCC2C(=O)N1CC1CC=CCC1. The monoisotopic (exact) mass is 290 g/mol. The van der Waals surface area contributed by atoms with Gasteiger partial charge in [0.1, 0.15) is 12.1 Å². The van der Waals surface area contributed by atoms with E-state index < -0.39 is 0 Å². The van der Waals surface area contributed by atoms with Crippen LogP contribution in [0.3, 0.4) is 0 Å². The molecule has 0 saturated carbocycles. The second kappa shape index (κ2) is 5.82. The Labute approximate surface area is 127 Å². The van der Waals surface area contributed by atoms with Crippen molar-refractivity contribution >= 4 is 11.8 Å². The average molecular weight is 290 g/mol. The molecule has 2 amide bonds. The van der Waals surface area contributed by atoms with Gasteiger partial charge in [-0.2, -0.15) is 0 Å². The van der Waals surface area contributed by atoms with Gasteiger partial charge in [-0.25, -0.2) is 0 Å². The van der Waals surface area contributed by atoms with Crippen molar-refractivity contribution in [1.29, 1.82) is 0 Å². The molecule has 0 spiro atoms. The van der Waals surface area contributed by atoms with Gasteiger partial charge in [-0.3, -0.25) is 9.59 Å². The number of piperazine rings is 1. The maximum absolute atomic E-state index is 12.9. The van der Waals surface area contributed by atoms with Crippen LogP contribution in [0.2, 0.25) is 0 Å². The molecule has 0 bridgehead atoms. The third-order valence-corrected chi connectivity index (χ3v) is 5.16. The number of carbonyl (C=O) groups excluding carboxylic acids is 2. The zero-order valence-corrected chi connectivity index (χ0v) is 13.1. The third kappa shape index (κ3) is 2.60. The fraction of sp³-hybridized carbons (Fsp3) is 0.765. The highest BCUT2D eigenvalue weighted by Gasteiger charge is 2.48. The molecule has 0 N–H and O–H groups in total. The molecule has 2 fully saturated rings. The van der Waals surface area contributed by atoms with Gasteiger partial charge >= 0.3 is 0 Å². The summed E-state index contributed by atoms with van der Waals surface area (Å²) in [4.78, 5) is 29.4. The van der Waals surface area contributed by atoms with Gasteiger partial charge in [0.05, 0.1) is 0 Å². The molecular weight excluding hydrogens is 264 g/mol. The first kappa shape index (κ1) is 14.6. The van der Waals surface area contributed by atoms with Crippen LogP contribution in [0.15, 0.2) is 12.2 Å². The predicted molar refractivity (Wildman–Crippen MR) is 81.6 cm³/mol. The summed E-state index contributed by atoms with van der Waals surface area (Å²) < 4.78 is 0. The van der Waals surface area contributed by atoms with Crippen LogP contribution < -0.4 is 0 Å². The molecule has 2 saturated heterocycles. The smallest absolute Gasteiger partial charge is 0.246 e. The Morgan fingerprint density at radius 1 is 1.19 bits per heavy atom. The molecule has 2 heterocycles. The van der Waals surface area contributed by atoms with Gasteiger partial charge in [-0.05, 0) is 43.9 Å². The summed E-state index contributed by atoms with van der Waals surface area (Å²) >= 11 is 0. The quantitative estimate of drug-likeness (QED) is 0.748. The standard InChI is InChI=1S/C17H26N2O2/c1-12(2)15-17(21)18-10-6-9-14(18)16(20)19(15)11-13-7-4-3-5-8-13/h3-4,12-15H,5-11H2,1-2H3. The summed E-state index contributed by atoms with van der Waals surface area (Å²) in [5, 5.41) is 0. The van der Waals surface area contributed by atoms with Crippen LogP contribution >= 0.6 is 0 Å². The maximum Gasteiger partial charge on any atom is 0.246 e. The number of fused-ring (bicyclic) bond motifs is 1. The van der Waals surface area contributed by atoms with E-state index in [4.69, 9.17) is 0 Å². The lowest BCUT2D eigenvalue weighted by Crippen LogP contribution is -2.64. The normalized spacial score (nSPS) is 33.0. The number of rotatable bonds is 3. The molecule has 0 aromatic carbocycles. The number of hydrogen-bond acceptors (Lipinski definition) is 2. The first-order valence-corrected chi connectivity index (χ1v) is 8.35. The second-order valence-electron chi connectivity index (χ2n) is 7.02. The topological polar surface area (TPSA) is 40.6 Å². The molecule has 3 aliphatic rings. The summed E-state index contributed by atoms with van der Waals surface area (Å²) in [6, 6.07) is -0.426. The van der Waals surface area contributed by atoms with Crippen LogP contribution in [-0.2, 0) is 9.59 Å². The molecule has 0 aromatic heterocycles. The zero-order chi connectivity index (χ0) is 15.0. The minimum Gasteiger partial charge on any atom is -0.329 e. The molecule has 3 unspecified atom stereocenters. The first-order chi connectivity index (χ1) is 10.1. The maximum atomic E-state index is 12.9. The largest absolute Gasteiger partial charge is 0.329 e. The molecule has 1 aliphatic carbocycles. The second-order valence-corrected chi connectivity index (χ2v) is 7.02. The van der Waals surface area contributed by atoms with Gasteiger partial charge in [0.25, 0.3) is 0 Å². The first-order valence-electron chi connectivity index (χ1n) is 8.35. The van der Waals surface area contributed by atoms with Crippen molar-refractivity contribution in [2.75, 3.05) is 13.1 Å². The molecule has 21 heavy (non-hydrogen) atoms. The number of allylic oxidation sites excluding steroid dienone is 2. The highest BCUT2D eigenvalue weighted by atomic mass is 16.2. The molecular formula is C17H26N2O2. The summed E-state index contributed by atoms with van der Waals surface area (Å²) in [6.45, 7) is 5.63. The molecule has 3 atom stereocenters. The minimum atomic E-state index is -0.252. The lowest BCUT2D eigenvalue weighted by molar-refractivity contribution is -0.162.